The third-order valence-corrected chi connectivity index (χ3v) is 1.79. The van der Waals surface area contributed by atoms with Crippen LogP contribution in [0.5, 0.6) is 0 Å². The van der Waals surface area contributed by atoms with Gasteiger partial charge < -0.3 is 15.4 Å². The first kappa shape index (κ1) is 11.6. The number of aldehydes is 1. The molecule has 1 fully saturated rings. The van der Waals surface area contributed by atoms with Crippen molar-refractivity contribution in [3.05, 3.63) is 0 Å². The molecule has 1 saturated heterocycles. The van der Waals surface area contributed by atoms with E-state index in [0.717, 1.165) is 32.3 Å². The fourth-order valence-electron chi connectivity index (χ4n) is 1.04. The van der Waals surface area contributed by atoms with Crippen LogP contribution in [0.2, 0.25) is 0 Å². The summed E-state index contributed by atoms with van der Waals surface area (Å²) in [5, 5.41) is 6.11. The molecule has 0 radical (unpaired) electrons. The Kier molecular flexibility index (Phi) is 8.39. The van der Waals surface area contributed by atoms with Crippen LogP contribution in [0.3, 0.4) is 0 Å². The molecular formula is C9H20N2O. The van der Waals surface area contributed by atoms with E-state index in [1.807, 2.05) is 7.05 Å². The second kappa shape index (κ2) is 8.68. The van der Waals surface area contributed by atoms with Gasteiger partial charge in [-0.15, -0.1) is 0 Å². The molecule has 0 aliphatic carbocycles. The van der Waals surface area contributed by atoms with Crippen LogP contribution in [0.4, 0.5) is 0 Å². The fraction of sp³-hybridized carbons (Fsp3) is 0.889. The summed E-state index contributed by atoms with van der Waals surface area (Å²) in [6.45, 7) is 5.20. The van der Waals surface area contributed by atoms with Crippen LogP contribution in [0, 0.1) is 5.92 Å². The van der Waals surface area contributed by atoms with Gasteiger partial charge in [-0.25, -0.2) is 0 Å². The molecule has 72 valence electrons. The number of carbonyl (C=O) groups is 1. The van der Waals surface area contributed by atoms with E-state index in [2.05, 4.69) is 17.6 Å². The summed E-state index contributed by atoms with van der Waals surface area (Å²) in [5.74, 6) is 0.306. The Hall–Kier alpha value is -0.410. The predicted molar refractivity (Wildman–Crippen MR) is 51.3 cm³/mol. The van der Waals surface area contributed by atoms with Gasteiger partial charge in [0.2, 0.25) is 0 Å². The number of hydrogen-bond donors (Lipinski definition) is 2. The molecule has 1 aliphatic rings. The highest BCUT2D eigenvalue weighted by Gasteiger charge is 2.11. The second-order valence-corrected chi connectivity index (χ2v) is 2.99. The largest absolute Gasteiger partial charge is 0.320 e. The monoisotopic (exact) mass is 172 g/mol. The van der Waals surface area contributed by atoms with E-state index in [4.69, 9.17) is 0 Å². The van der Waals surface area contributed by atoms with Gasteiger partial charge in [-0.05, 0) is 33.0 Å². The third kappa shape index (κ3) is 6.31. The average Bonchev–Trinajstić information content (AvgIpc) is 2.58. The van der Waals surface area contributed by atoms with E-state index in [1.54, 1.807) is 0 Å². The SMILES string of the molecule is CCCNC.O=CC1CCNC1. The van der Waals surface area contributed by atoms with Gasteiger partial charge in [0.15, 0.2) is 0 Å². The standard InChI is InChI=1S/C5H9NO.C4H11N/c7-4-5-1-2-6-3-5;1-3-4-5-2/h4-6H,1-3H2;5H,3-4H2,1-2H3. The summed E-state index contributed by atoms with van der Waals surface area (Å²) in [6, 6.07) is 0. The molecule has 3 nitrogen and oxygen atoms in total. The van der Waals surface area contributed by atoms with Gasteiger partial charge in [0.1, 0.15) is 6.29 Å². The first-order valence-corrected chi connectivity index (χ1v) is 4.65. The molecule has 0 bridgehead atoms. The van der Waals surface area contributed by atoms with Crippen molar-refractivity contribution in [3.63, 3.8) is 0 Å². The maximum atomic E-state index is 9.97. The van der Waals surface area contributed by atoms with Gasteiger partial charge in [0.25, 0.3) is 0 Å². The molecule has 0 saturated carbocycles. The smallest absolute Gasteiger partial charge is 0.124 e. The molecule has 0 aromatic rings. The Morgan fingerprint density at radius 1 is 1.67 bits per heavy atom. The number of rotatable bonds is 3. The number of hydrogen-bond acceptors (Lipinski definition) is 3. The van der Waals surface area contributed by atoms with Crippen molar-refractivity contribution in [3.8, 4) is 0 Å². The maximum Gasteiger partial charge on any atom is 0.124 e. The molecule has 1 unspecified atom stereocenters. The third-order valence-electron chi connectivity index (χ3n) is 1.79. The Bertz CT molecular complexity index is 98.7. The molecule has 1 rings (SSSR count). The van der Waals surface area contributed by atoms with Gasteiger partial charge >= 0.3 is 0 Å². The summed E-state index contributed by atoms with van der Waals surface area (Å²) in [7, 11) is 1.96. The molecular weight excluding hydrogens is 152 g/mol. The first-order valence-electron chi connectivity index (χ1n) is 4.65. The molecule has 0 aromatic carbocycles. The molecule has 3 heteroatoms. The highest BCUT2D eigenvalue weighted by atomic mass is 16.1. The fourth-order valence-corrected chi connectivity index (χ4v) is 1.04. The first-order chi connectivity index (χ1) is 5.85. The number of carbonyl (C=O) groups excluding carboxylic acids is 1. The predicted octanol–water partition coefficient (Wildman–Crippen LogP) is 0.411. The Labute approximate surface area is 74.9 Å². The van der Waals surface area contributed by atoms with Crippen LogP contribution >= 0.6 is 0 Å². The van der Waals surface area contributed by atoms with Gasteiger partial charge in [-0.2, -0.15) is 0 Å². The van der Waals surface area contributed by atoms with Crippen LogP contribution in [0.25, 0.3) is 0 Å². The van der Waals surface area contributed by atoms with Crippen molar-refractivity contribution in [1.82, 2.24) is 10.6 Å². The van der Waals surface area contributed by atoms with Gasteiger partial charge in [0, 0.05) is 12.5 Å². The molecule has 0 spiro atoms. The van der Waals surface area contributed by atoms with Crippen LogP contribution < -0.4 is 10.6 Å². The van der Waals surface area contributed by atoms with Crippen molar-refractivity contribution in [1.29, 1.82) is 0 Å². The summed E-state index contributed by atoms with van der Waals surface area (Å²) in [6.07, 6.45) is 3.29. The molecule has 1 atom stereocenters. The van der Waals surface area contributed by atoms with Crippen molar-refractivity contribution in [2.24, 2.45) is 5.92 Å². The summed E-state index contributed by atoms with van der Waals surface area (Å²) in [5.41, 5.74) is 0. The van der Waals surface area contributed by atoms with E-state index < -0.39 is 0 Å². The van der Waals surface area contributed by atoms with Crippen LogP contribution in [0.1, 0.15) is 19.8 Å². The molecule has 1 aliphatic heterocycles. The highest BCUT2D eigenvalue weighted by Crippen LogP contribution is 2.01. The van der Waals surface area contributed by atoms with E-state index in [9.17, 15) is 4.79 Å². The average molecular weight is 172 g/mol. The molecule has 1 heterocycles. The number of nitrogens with one attached hydrogen (secondary N) is 2. The van der Waals surface area contributed by atoms with E-state index in [0.29, 0.717) is 5.92 Å². The van der Waals surface area contributed by atoms with Crippen molar-refractivity contribution in [2.75, 3.05) is 26.7 Å². The minimum Gasteiger partial charge on any atom is -0.320 e. The lowest BCUT2D eigenvalue weighted by Gasteiger charge is -1.89. The Morgan fingerprint density at radius 3 is 2.58 bits per heavy atom. The van der Waals surface area contributed by atoms with E-state index in [1.165, 1.54) is 6.42 Å². The normalized spacial score (nSPS) is 21.3. The second-order valence-electron chi connectivity index (χ2n) is 2.99. The highest BCUT2D eigenvalue weighted by molar-refractivity contribution is 5.54. The summed E-state index contributed by atoms with van der Waals surface area (Å²) in [4.78, 5) is 9.97. The zero-order chi connectivity index (χ0) is 9.23. The lowest BCUT2D eigenvalue weighted by atomic mass is 10.2. The summed E-state index contributed by atoms with van der Waals surface area (Å²) >= 11 is 0. The minimum absolute atomic E-state index is 0.306. The topological polar surface area (TPSA) is 41.1 Å². The Balaban J connectivity index is 0.000000217. The zero-order valence-corrected chi connectivity index (χ0v) is 8.10. The van der Waals surface area contributed by atoms with Crippen molar-refractivity contribution >= 4 is 6.29 Å². The van der Waals surface area contributed by atoms with Crippen molar-refractivity contribution in [2.45, 2.75) is 19.8 Å². The van der Waals surface area contributed by atoms with Crippen molar-refractivity contribution < 1.29 is 4.79 Å². The Morgan fingerprint density at radius 2 is 2.42 bits per heavy atom. The van der Waals surface area contributed by atoms with Crippen LogP contribution in [0.15, 0.2) is 0 Å². The molecule has 12 heavy (non-hydrogen) atoms. The van der Waals surface area contributed by atoms with E-state index >= 15 is 0 Å². The van der Waals surface area contributed by atoms with Crippen LogP contribution in [-0.4, -0.2) is 33.0 Å². The lowest BCUT2D eigenvalue weighted by Crippen LogP contribution is -2.09. The lowest BCUT2D eigenvalue weighted by molar-refractivity contribution is -0.110. The molecule has 0 aromatic heterocycles. The van der Waals surface area contributed by atoms with Gasteiger partial charge in [0.05, 0.1) is 0 Å². The van der Waals surface area contributed by atoms with Crippen LogP contribution in [-0.2, 0) is 4.79 Å². The quantitative estimate of drug-likeness (QED) is 0.606. The minimum atomic E-state index is 0.306. The molecule has 0 amide bonds. The van der Waals surface area contributed by atoms with E-state index in [-0.39, 0.29) is 0 Å². The summed E-state index contributed by atoms with van der Waals surface area (Å²) < 4.78 is 0. The maximum absolute atomic E-state index is 9.97. The van der Waals surface area contributed by atoms with Gasteiger partial charge in [-0.3, -0.25) is 0 Å². The zero-order valence-electron chi connectivity index (χ0n) is 8.10. The van der Waals surface area contributed by atoms with Gasteiger partial charge in [-0.1, -0.05) is 6.92 Å². The molecule has 2 N–H and O–H groups in total.